The number of carbonyl (C=O) groups excluding carboxylic acids is 2. The lowest BCUT2D eigenvalue weighted by molar-refractivity contribution is -0.149. The summed E-state index contributed by atoms with van der Waals surface area (Å²) in [5, 5.41) is 9.98. The number of rotatable bonds is 5. The quantitative estimate of drug-likeness (QED) is 0.398. The second-order valence-corrected chi connectivity index (χ2v) is 4.53. The van der Waals surface area contributed by atoms with E-state index in [1.165, 1.54) is 12.1 Å². The van der Waals surface area contributed by atoms with Crippen molar-refractivity contribution in [1.82, 2.24) is 4.57 Å². The first-order chi connectivity index (χ1) is 10.5. The van der Waals surface area contributed by atoms with Crippen LogP contribution in [0.25, 0.3) is 5.76 Å². The molecule has 0 bridgehead atoms. The molecule has 1 N–H and O–H groups in total. The second kappa shape index (κ2) is 6.71. The molecule has 0 aliphatic heterocycles. The van der Waals surface area contributed by atoms with Gasteiger partial charge in [-0.15, -0.1) is 0 Å². The highest BCUT2D eigenvalue weighted by molar-refractivity contribution is 6.39. The number of halogens is 1. The van der Waals surface area contributed by atoms with Gasteiger partial charge in [-0.1, -0.05) is 12.1 Å². The highest BCUT2D eigenvalue weighted by Gasteiger charge is 2.14. The topological polar surface area (TPSA) is 68.5 Å². The van der Waals surface area contributed by atoms with E-state index in [0.29, 0.717) is 12.2 Å². The number of hydrogen-bond acceptors (Lipinski definition) is 4. The molecule has 0 amide bonds. The van der Waals surface area contributed by atoms with E-state index in [-0.39, 0.29) is 11.6 Å². The van der Waals surface area contributed by atoms with Crippen LogP contribution in [0.15, 0.2) is 48.7 Å². The smallest absolute Gasteiger partial charge is 0.378 e. The standard InChI is InChI=1S/C16H14FNO4/c1-22-16(21)15(20)9-14(19)13-3-2-8-18(13)10-11-4-6-12(17)7-5-11/h2-9,19H,10H2,1H3/b14-9-. The number of nitrogens with zero attached hydrogens (tertiary/aromatic N) is 1. The summed E-state index contributed by atoms with van der Waals surface area (Å²) >= 11 is 0. The molecule has 0 unspecified atom stereocenters. The Bertz CT molecular complexity index is 716. The summed E-state index contributed by atoms with van der Waals surface area (Å²) in [6.45, 7) is 0.382. The minimum atomic E-state index is -1.05. The van der Waals surface area contributed by atoms with Crippen LogP contribution >= 0.6 is 0 Å². The molecule has 114 valence electrons. The van der Waals surface area contributed by atoms with Crippen molar-refractivity contribution in [2.75, 3.05) is 7.11 Å². The van der Waals surface area contributed by atoms with Gasteiger partial charge >= 0.3 is 5.97 Å². The first kappa shape index (κ1) is 15.5. The normalized spacial score (nSPS) is 11.3. The van der Waals surface area contributed by atoms with Crippen molar-refractivity contribution in [2.24, 2.45) is 0 Å². The number of ether oxygens (including phenoxy) is 1. The third-order valence-corrected chi connectivity index (χ3v) is 3.01. The van der Waals surface area contributed by atoms with Gasteiger partial charge in [-0.3, -0.25) is 4.79 Å². The SMILES string of the molecule is COC(=O)C(=O)/C=C(\O)c1cccn1Cc1ccc(F)cc1. The number of aliphatic hydroxyl groups is 1. The average Bonchev–Trinajstić information content (AvgIpc) is 2.96. The molecular formula is C16H14FNO4. The Morgan fingerprint density at radius 1 is 1.27 bits per heavy atom. The number of benzene rings is 1. The number of methoxy groups -OCH3 is 1. The van der Waals surface area contributed by atoms with Crippen LogP contribution in [-0.4, -0.2) is 28.5 Å². The molecule has 0 aliphatic rings. The molecule has 0 aliphatic carbocycles. The van der Waals surface area contributed by atoms with Crippen LogP contribution in [0.1, 0.15) is 11.3 Å². The van der Waals surface area contributed by atoms with Crippen molar-refractivity contribution in [1.29, 1.82) is 0 Å². The number of hydrogen-bond donors (Lipinski definition) is 1. The Morgan fingerprint density at radius 2 is 1.95 bits per heavy atom. The fourth-order valence-electron chi connectivity index (χ4n) is 1.93. The first-order valence-electron chi connectivity index (χ1n) is 6.44. The molecule has 0 radical (unpaired) electrons. The second-order valence-electron chi connectivity index (χ2n) is 4.53. The zero-order chi connectivity index (χ0) is 16.1. The summed E-state index contributed by atoms with van der Waals surface area (Å²) < 4.78 is 18.8. The van der Waals surface area contributed by atoms with E-state index < -0.39 is 11.8 Å². The van der Waals surface area contributed by atoms with Crippen molar-refractivity contribution in [3.63, 3.8) is 0 Å². The molecule has 1 heterocycles. The lowest BCUT2D eigenvalue weighted by atomic mass is 10.2. The van der Waals surface area contributed by atoms with Crippen LogP contribution in [0.5, 0.6) is 0 Å². The predicted molar refractivity (Wildman–Crippen MR) is 77.6 cm³/mol. The summed E-state index contributed by atoms with van der Waals surface area (Å²) in [5.41, 5.74) is 1.19. The average molecular weight is 303 g/mol. The molecule has 0 spiro atoms. The number of carbonyl (C=O) groups is 2. The molecule has 1 aromatic heterocycles. The summed E-state index contributed by atoms with van der Waals surface area (Å²) in [6, 6.07) is 9.22. The van der Waals surface area contributed by atoms with Crippen LogP contribution in [0.3, 0.4) is 0 Å². The third kappa shape index (κ3) is 3.60. The van der Waals surface area contributed by atoms with E-state index in [9.17, 15) is 19.1 Å². The van der Waals surface area contributed by atoms with Gasteiger partial charge < -0.3 is 14.4 Å². The van der Waals surface area contributed by atoms with E-state index in [1.54, 1.807) is 35.0 Å². The Balaban J connectivity index is 2.22. The number of aliphatic hydroxyl groups excluding tert-OH is 1. The summed E-state index contributed by atoms with van der Waals surface area (Å²) in [4.78, 5) is 22.5. The highest BCUT2D eigenvalue weighted by atomic mass is 19.1. The number of esters is 1. The molecule has 0 atom stereocenters. The monoisotopic (exact) mass is 303 g/mol. The van der Waals surface area contributed by atoms with Gasteiger partial charge in [0.2, 0.25) is 0 Å². The molecule has 22 heavy (non-hydrogen) atoms. The Hall–Kier alpha value is -2.89. The fraction of sp³-hybridized carbons (Fsp3) is 0.125. The molecule has 0 saturated heterocycles. The van der Waals surface area contributed by atoms with Crippen molar-refractivity contribution in [2.45, 2.75) is 6.54 Å². The van der Waals surface area contributed by atoms with Crippen molar-refractivity contribution < 1.29 is 23.8 Å². The first-order valence-corrected chi connectivity index (χ1v) is 6.44. The molecule has 0 saturated carbocycles. The molecular weight excluding hydrogens is 289 g/mol. The van der Waals surface area contributed by atoms with Gasteiger partial charge in [0.15, 0.2) is 0 Å². The van der Waals surface area contributed by atoms with E-state index in [0.717, 1.165) is 18.7 Å². The molecule has 1 aromatic carbocycles. The van der Waals surface area contributed by atoms with Crippen LogP contribution in [0.4, 0.5) is 4.39 Å². The van der Waals surface area contributed by atoms with Gasteiger partial charge in [-0.25, -0.2) is 9.18 Å². The molecule has 0 fully saturated rings. The maximum absolute atomic E-state index is 12.9. The fourth-order valence-corrected chi connectivity index (χ4v) is 1.93. The number of ketones is 1. The lowest BCUT2D eigenvalue weighted by Crippen LogP contribution is -2.13. The lowest BCUT2D eigenvalue weighted by Gasteiger charge is -2.09. The van der Waals surface area contributed by atoms with Gasteiger partial charge in [0.1, 0.15) is 11.6 Å². The van der Waals surface area contributed by atoms with Crippen LogP contribution in [0.2, 0.25) is 0 Å². The zero-order valence-corrected chi connectivity index (χ0v) is 11.8. The largest absolute Gasteiger partial charge is 0.506 e. The van der Waals surface area contributed by atoms with Crippen molar-refractivity contribution >= 4 is 17.5 Å². The molecule has 6 heteroatoms. The van der Waals surface area contributed by atoms with Gasteiger partial charge in [-0.2, -0.15) is 0 Å². The maximum atomic E-state index is 12.9. The van der Waals surface area contributed by atoms with Gasteiger partial charge in [0.25, 0.3) is 5.78 Å². The van der Waals surface area contributed by atoms with Gasteiger partial charge in [0, 0.05) is 18.8 Å². The zero-order valence-electron chi connectivity index (χ0n) is 11.8. The van der Waals surface area contributed by atoms with E-state index in [4.69, 9.17) is 0 Å². The minimum Gasteiger partial charge on any atom is -0.506 e. The molecule has 5 nitrogen and oxygen atoms in total. The van der Waals surface area contributed by atoms with E-state index in [2.05, 4.69) is 4.74 Å². The summed E-state index contributed by atoms with van der Waals surface area (Å²) in [6.07, 6.45) is 2.51. The van der Waals surface area contributed by atoms with Crippen LogP contribution < -0.4 is 0 Å². The predicted octanol–water partition coefficient (Wildman–Crippen LogP) is 2.32. The third-order valence-electron chi connectivity index (χ3n) is 3.01. The summed E-state index contributed by atoms with van der Waals surface area (Å²) in [5.74, 6) is -2.68. The van der Waals surface area contributed by atoms with Crippen molar-refractivity contribution in [3.05, 3.63) is 65.7 Å². The van der Waals surface area contributed by atoms with E-state index >= 15 is 0 Å². The van der Waals surface area contributed by atoms with Gasteiger partial charge in [0.05, 0.1) is 12.8 Å². The van der Waals surface area contributed by atoms with Crippen LogP contribution in [0, 0.1) is 5.82 Å². The maximum Gasteiger partial charge on any atom is 0.378 e. The summed E-state index contributed by atoms with van der Waals surface area (Å²) in [7, 11) is 1.09. The highest BCUT2D eigenvalue weighted by Crippen LogP contribution is 2.15. The molecule has 2 rings (SSSR count). The number of aromatic nitrogens is 1. The molecule has 2 aromatic rings. The van der Waals surface area contributed by atoms with Crippen molar-refractivity contribution in [3.8, 4) is 0 Å². The minimum absolute atomic E-state index is 0.331. The van der Waals surface area contributed by atoms with E-state index in [1.807, 2.05) is 0 Å². The Morgan fingerprint density at radius 3 is 2.59 bits per heavy atom. The van der Waals surface area contributed by atoms with Gasteiger partial charge in [-0.05, 0) is 29.8 Å². The Labute approximate surface area is 126 Å². The van der Waals surface area contributed by atoms with Crippen LogP contribution in [-0.2, 0) is 20.9 Å². The Kier molecular flexibility index (Phi) is 4.73.